The maximum atomic E-state index is 12.8. The van der Waals surface area contributed by atoms with Gasteiger partial charge in [0, 0.05) is 23.5 Å². The van der Waals surface area contributed by atoms with E-state index in [0.717, 1.165) is 11.3 Å². The molecule has 1 N–H and O–H groups in total. The van der Waals surface area contributed by atoms with Gasteiger partial charge in [0.2, 0.25) is 10.0 Å². The molecule has 3 rings (SSSR count). The molecule has 2 aromatic carbocycles. The Morgan fingerprint density at radius 1 is 1.23 bits per heavy atom. The molecule has 0 atom stereocenters. The van der Waals surface area contributed by atoms with Crippen LogP contribution in [0.4, 0.5) is 13.9 Å². The minimum atomic E-state index is -3.85. The third kappa shape index (κ3) is 5.35. The lowest BCUT2D eigenvalue weighted by molar-refractivity contribution is 0.102. The second kappa shape index (κ2) is 9.78. The highest BCUT2D eigenvalue weighted by Gasteiger charge is 2.25. The number of hydrogen-bond donors (Lipinski definition) is 1. The molecular weight excluding hydrogens is 488 g/mol. The second-order valence-corrected chi connectivity index (χ2v) is 10.6. The van der Waals surface area contributed by atoms with Crippen molar-refractivity contribution in [3.05, 3.63) is 47.0 Å². The zero-order valence-corrected chi connectivity index (χ0v) is 19.6. The molecule has 0 aliphatic rings. The van der Waals surface area contributed by atoms with Crippen molar-refractivity contribution in [2.45, 2.75) is 29.4 Å². The van der Waals surface area contributed by atoms with Crippen LogP contribution in [0, 0.1) is 0 Å². The fourth-order valence-corrected chi connectivity index (χ4v) is 6.32. The van der Waals surface area contributed by atoms with Crippen molar-refractivity contribution in [1.29, 1.82) is 0 Å². The van der Waals surface area contributed by atoms with Gasteiger partial charge in [-0.05, 0) is 36.4 Å². The first kappa shape index (κ1) is 23.9. The van der Waals surface area contributed by atoms with Gasteiger partial charge in [0.05, 0.1) is 15.2 Å². The summed E-state index contributed by atoms with van der Waals surface area (Å²) in [4.78, 5) is 17.2. The van der Waals surface area contributed by atoms with Crippen molar-refractivity contribution in [1.82, 2.24) is 9.29 Å². The van der Waals surface area contributed by atoms with Gasteiger partial charge in [0.15, 0.2) is 5.13 Å². The molecule has 166 valence electrons. The molecule has 0 spiro atoms. The van der Waals surface area contributed by atoms with Crippen LogP contribution in [0.3, 0.4) is 0 Å². The fourth-order valence-electron chi connectivity index (χ4n) is 2.85. The number of thioether (sulfide) groups is 1. The smallest absolute Gasteiger partial charge is 0.288 e. The lowest BCUT2D eigenvalue weighted by atomic mass is 10.2. The molecule has 0 fully saturated rings. The second-order valence-electron chi connectivity index (χ2n) is 6.22. The van der Waals surface area contributed by atoms with Crippen LogP contribution in [-0.4, -0.2) is 42.5 Å². The van der Waals surface area contributed by atoms with E-state index in [1.54, 1.807) is 26.0 Å². The summed E-state index contributed by atoms with van der Waals surface area (Å²) in [6.07, 6.45) is 0. The number of carbonyl (C=O) groups is 1. The van der Waals surface area contributed by atoms with Gasteiger partial charge in [0.1, 0.15) is 4.90 Å². The van der Waals surface area contributed by atoms with E-state index in [4.69, 9.17) is 11.6 Å². The van der Waals surface area contributed by atoms with Crippen molar-refractivity contribution >= 4 is 66.0 Å². The lowest BCUT2D eigenvalue weighted by Gasteiger charge is -2.19. The van der Waals surface area contributed by atoms with Crippen LogP contribution in [0.25, 0.3) is 10.2 Å². The number of fused-ring (bicyclic) bond motifs is 1. The van der Waals surface area contributed by atoms with E-state index in [1.165, 1.54) is 28.6 Å². The number of sulfonamides is 1. The Labute approximate surface area is 191 Å². The highest BCUT2D eigenvalue weighted by Crippen LogP contribution is 2.33. The van der Waals surface area contributed by atoms with E-state index < -0.39 is 21.7 Å². The van der Waals surface area contributed by atoms with Crippen molar-refractivity contribution in [3.63, 3.8) is 0 Å². The maximum Gasteiger partial charge on any atom is 0.288 e. The number of aromatic nitrogens is 1. The number of amides is 1. The van der Waals surface area contributed by atoms with Crippen molar-refractivity contribution in [2.24, 2.45) is 0 Å². The number of anilines is 1. The molecule has 31 heavy (non-hydrogen) atoms. The number of nitrogens with zero attached hydrogens (tertiary/aromatic N) is 2. The molecule has 1 amide bonds. The molecule has 0 bridgehead atoms. The molecule has 12 heteroatoms. The number of benzene rings is 2. The van der Waals surface area contributed by atoms with Crippen molar-refractivity contribution < 1.29 is 22.0 Å². The van der Waals surface area contributed by atoms with Gasteiger partial charge in [-0.25, -0.2) is 13.4 Å². The molecule has 3 aromatic rings. The average molecular weight is 506 g/mol. The van der Waals surface area contributed by atoms with Crippen LogP contribution >= 0.6 is 34.7 Å². The van der Waals surface area contributed by atoms with E-state index in [0.29, 0.717) is 26.9 Å². The van der Waals surface area contributed by atoms with Crippen LogP contribution in [0.1, 0.15) is 24.2 Å². The summed E-state index contributed by atoms with van der Waals surface area (Å²) in [6.45, 7) is 3.96. The number of hydrogen-bond acceptors (Lipinski definition) is 6. The van der Waals surface area contributed by atoms with Crippen LogP contribution in [0.2, 0.25) is 5.02 Å². The summed E-state index contributed by atoms with van der Waals surface area (Å²) in [5.74, 6) is -3.09. The van der Waals surface area contributed by atoms with Crippen LogP contribution in [0.5, 0.6) is 0 Å². The molecule has 0 unspecified atom stereocenters. The molecule has 1 aromatic heterocycles. The summed E-state index contributed by atoms with van der Waals surface area (Å²) in [6, 6.07) is 8.73. The van der Waals surface area contributed by atoms with E-state index in [1.807, 2.05) is 0 Å². The SMILES string of the molecule is CCN(CC)S(=O)(=O)c1cc(C(=O)Nc2nc3ccc(SC(F)F)cc3s2)ccc1Cl. The first-order valence-corrected chi connectivity index (χ1v) is 12.6. The number of halogens is 3. The lowest BCUT2D eigenvalue weighted by Crippen LogP contribution is -2.31. The third-order valence-corrected chi connectivity index (χ3v) is 8.49. The first-order valence-electron chi connectivity index (χ1n) is 9.12. The number of rotatable bonds is 8. The normalized spacial score (nSPS) is 12.1. The molecule has 0 aliphatic heterocycles. The van der Waals surface area contributed by atoms with Gasteiger partial charge in [-0.15, -0.1) is 0 Å². The Morgan fingerprint density at radius 2 is 1.94 bits per heavy atom. The molecule has 0 radical (unpaired) electrons. The molecule has 0 aliphatic carbocycles. The standard InChI is InChI=1S/C19H18ClF2N3O3S3/c1-3-25(4-2)31(27,28)16-9-11(5-7-13(16)20)17(26)24-19-23-14-8-6-12(29-18(21)22)10-15(14)30-19/h5-10,18H,3-4H2,1-2H3,(H,23,24,26). The largest absolute Gasteiger partial charge is 0.298 e. The monoisotopic (exact) mass is 505 g/mol. The summed E-state index contributed by atoms with van der Waals surface area (Å²) in [5.41, 5.74) is 0.656. The van der Waals surface area contributed by atoms with Gasteiger partial charge >= 0.3 is 0 Å². The molecule has 6 nitrogen and oxygen atoms in total. The zero-order valence-electron chi connectivity index (χ0n) is 16.4. The summed E-state index contributed by atoms with van der Waals surface area (Å²) >= 11 is 7.67. The Kier molecular flexibility index (Phi) is 7.53. The van der Waals surface area contributed by atoms with E-state index in [9.17, 15) is 22.0 Å². The van der Waals surface area contributed by atoms with Gasteiger partial charge in [0.25, 0.3) is 11.7 Å². The fraction of sp³-hybridized carbons (Fsp3) is 0.263. The van der Waals surface area contributed by atoms with E-state index in [2.05, 4.69) is 10.3 Å². The molecule has 1 heterocycles. The highest BCUT2D eigenvalue weighted by molar-refractivity contribution is 7.99. The number of alkyl halides is 2. The predicted octanol–water partition coefficient (Wildman–Crippen LogP) is 5.55. The average Bonchev–Trinajstić information content (AvgIpc) is 3.09. The minimum absolute atomic E-state index is 0.0208. The van der Waals surface area contributed by atoms with Gasteiger partial charge < -0.3 is 0 Å². The van der Waals surface area contributed by atoms with Crippen LogP contribution in [-0.2, 0) is 10.0 Å². The zero-order chi connectivity index (χ0) is 22.8. The summed E-state index contributed by atoms with van der Waals surface area (Å²) < 4.78 is 52.7. The minimum Gasteiger partial charge on any atom is -0.298 e. The summed E-state index contributed by atoms with van der Waals surface area (Å²) in [7, 11) is -3.85. The van der Waals surface area contributed by atoms with E-state index in [-0.39, 0.29) is 33.7 Å². The highest BCUT2D eigenvalue weighted by atomic mass is 35.5. The molecule has 0 saturated heterocycles. The van der Waals surface area contributed by atoms with Crippen molar-refractivity contribution in [2.75, 3.05) is 18.4 Å². The third-order valence-electron chi connectivity index (χ3n) is 4.32. The van der Waals surface area contributed by atoms with Gasteiger partial charge in [-0.1, -0.05) is 48.5 Å². The van der Waals surface area contributed by atoms with Gasteiger partial charge in [-0.2, -0.15) is 13.1 Å². The van der Waals surface area contributed by atoms with Crippen LogP contribution in [0.15, 0.2) is 46.2 Å². The Balaban J connectivity index is 1.87. The van der Waals surface area contributed by atoms with Gasteiger partial charge in [-0.3, -0.25) is 10.1 Å². The summed E-state index contributed by atoms with van der Waals surface area (Å²) in [5, 5.41) is 2.91. The number of thiazole rings is 1. The quantitative estimate of drug-likeness (QED) is 0.406. The number of nitrogens with one attached hydrogen (secondary N) is 1. The van der Waals surface area contributed by atoms with E-state index >= 15 is 0 Å². The maximum absolute atomic E-state index is 12.8. The molecule has 0 saturated carbocycles. The van der Waals surface area contributed by atoms with Crippen LogP contribution < -0.4 is 5.32 Å². The topological polar surface area (TPSA) is 79.4 Å². The Morgan fingerprint density at radius 3 is 2.58 bits per heavy atom. The first-order chi connectivity index (χ1) is 14.6. The number of carbonyl (C=O) groups excluding carboxylic acids is 1. The predicted molar refractivity (Wildman–Crippen MR) is 121 cm³/mol. The Hall–Kier alpha value is -1.79. The van der Waals surface area contributed by atoms with Crippen molar-refractivity contribution in [3.8, 4) is 0 Å². The molecular formula is C19H18ClF2N3O3S3. The Bertz CT molecular complexity index is 1210.